The standard InChI is InChI=1S/C10H19FN2/c1-8(12)9-2-5-13(6-9)7-10(11)3-4-10/h8-9H,2-7,12H2,1H3. The van der Waals surface area contributed by atoms with Crippen LogP contribution < -0.4 is 5.73 Å². The fourth-order valence-corrected chi connectivity index (χ4v) is 2.13. The topological polar surface area (TPSA) is 29.3 Å². The predicted molar refractivity (Wildman–Crippen MR) is 51.3 cm³/mol. The van der Waals surface area contributed by atoms with Crippen LogP contribution >= 0.6 is 0 Å². The smallest absolute Gasteiger partial charge is 0.123 e. The largest absolute Gasteiger partial charge is 0.328 e. The second-order valence-electron chi connectivity index (χ2n) is 4.79. The van der Waals surface area contributed by atoms with E-state index in [0.717, 1.165) is 32.4 Å². The lowest BCUT2D eigenvalue weighted by molar-refractivity contribution is 0.196. The quantitative estimate of drug-likeness (QED) is 0.716. The Kier molecular flexibility index (Phi) is 2.32. The summed E-state index contributed by atoms with van der Waals surface area (Å²) in [4.78, 5) is 2.24. The molecule has 1 aliphatic carbocycles. The van der Waals surface area contributed by atoms with Crippen molar-refractivity contribution in [3.63, 3.8) is 0 Å². The zero-order valence-electron chi connectivity index (χ0n) is 8.30. The average Bonchev–Trinajstić information content (AvgIpc) is 2.62. The Morgan fingerprint density at radius 3 is 2.77 bits per heavy atom. The van der Waals surface area contributed by atoms with Crippen LogP contribution in [0.5, 0.6) is 0 Å². The highest BCUT2D eigenvalue weighted by Crippen LogP contribution is 2.41. The molecule has 0 spiro atoms. The third kappa shape index (κ3) is 2.20. The first-order valence-corrected chi connectivity index (χ1v) is 5.26. The van der Waals surface area contributed by atoms with Gasteiger partial charge in [-0.3, -0.25) is 4.90 Å². The summed E-state index contributed by atoms with van der Waals surface area (Å²) in [7, 11) is 0. The number of hydrogen-bond acceptors (Lipinski definition) is 2. The number of halogens is 1. The van der Waals surface area contributed by atoms with Crippen LogP contribution in [-0.2, 0) is 0 Å². The lowest BCUT2D eigenvalue weighted by atomic mass is 10.0. The Hall–Kier alpha value is -0.150. The Balaban J connectivity index is 1.78. The molecule has 13 heavy (non-hydrogen) atoms. The minimum atomic E-state index is -0.827. The van der Waals surface area contributed by atoms with E-state index in [4.69, 9.17) is 5.73 Å². The number of alkyl halides is 1. The Labute approximate surface area is 79.3 Å². The fraction of sp³-hybridized carbons (Fsp3) is 1.00. The van der Waals surface area contributed by atoms with E-state index in [1.54, 1.807) is 0 Å². The van der Waals surface area contributed by atoms with Gasteiger partial charge in [0.05, 0.1) is 0 Å². The van der Waals surface area contributed by atoms with Crippen molar-refractivity contribution in [2.24, 2.45) is 11.7 Å². The van der Waals surface area contributed by atoms with E-state index in [1.807, 2.05) is 0 Å². The maximum absolute atomic E-state index is 13.4. The van der Waals surface area contributed by atoms with Crippen LogP contribution in [0, 0.1) is 5.92 Å². The van der Waals surface area contributed by atoms with Gasteiger partial charge in [0.25, 0.3) is 0 Å². The summed E-state index contributed by atoms with van der Waals surface area (Å²) in [5.41, 5.74) is 4.99. The highest BCUT2D eigenvalue weighted by molar-refractivity contribution is 4.98. The van der Waals surface area contributed by atoms with E-state index in [2.05, 4.69) is 11.8 Å². The molecule has 0 amide bonds. The van der Waals surface area contributed by atoms with E-state index in [0.29, 0.717) is 12.5 Å². The minimum Gasteiger partial charge on any atom is -0.328 e. The van der Waals surface area contributed by atoms with Crippen LogP contribution in [0.15, 0.2) is 0 Å². The van der Waals surface area contributed by atoms with Gasteiger partial charge in [-0.15, -0.1) is 0 Å². The van der Waals surface area contributed by atoms with Crippen LogP contribution in [0.4, 0.5) is 4.39 Å². The van der Waals surface area contributed by atoms with Crippen LogP contribution in [0.3, 0.4) is 0 Å². The normalized spacial score (nSPS) is 34.8. The minimum absolute atomic E-state index is 0.264. The number of hydrogen-bond donors (Lipinski definition) is 1. The van der Waals surface area contributed by atoms with E-state index in [-0.39, 0.29) is 6.04 Å². The van der Waals surface area contributed by atoms with Gasteiger partial charge in [-0.1, -0.05) is 0 Å². The maximum Gasteiger partial charge on any atom is 0.123 e. The second-order valence-corrected chi connectivity index (χ2v) is 4.79. The summed E-state index contributed by atoms with van der Waals surface area (Å²) in [6.07, 6.45) is 2.69. The van der Waals surface area contributed by atoms with Crippen molar-refractivity contribution in [2.75, 3.05) is 19.6 Å². The first-order valence-electron chi connectivity index (χ1n) is 5.26. The molecule has 2 aliphatic rings. The van der Waals surface area contributed by atoms with Gasteiger partial charge in [-0.2, -0.15) is 0 Å². The van der Waals surface area contributed by atoms with Gasteiger partial charge in [-0.25, -0.2) is 4.39 Å². The molecule has 0 aromatic rings. The first kappa shape index (κ1) is 9.41. The van der Waals surface area contributed by atoms with Crippen molar-refractivity contribution in [3.05, 3.63) is 0 Å². The molecule has 1 saturated heterocycles. The second kappa shape index (κ2) is 3.21. The molecule has 0 aromatic heterocycles. The number of nitrogens with zero attached hydrogens (tertiary/aromatic N) is 1. The number of nitrogens with two attached hydrogens (primary N) is 1. The highest BCUT2D eigenvalue weighted by Gasteiger charge is 2.45. The summed E-state index contributed by atoms with van der Waals surface area (Å²) in [5.74, 6) is 0.586. The third-order valence-corrected chi connectivity index (χ3v) is 3.35. The van der Waals surface area contributed by atoms with Gasteiger partial charge >= 0.3 is 0 Å². The fourth-order valence-electron chi connectivity index (χ4n) is 2.13. The molecule has 1 saturated carbocycles. The van der Waals surface area contributed by atoms with Gasteiger partial charge in [0.15, 0.2) is 0 Å². The van der Waals surface area contributed by atoms with Crippen molar-refractivity contribution < 1.29 is 4.39 Å². The van der Waals surface area contributed by atoms with E-state index in [9.17, 15) is 4.39 Å². The molecule has 0 radical (unpaired) electrons. The van der Waals surface area contributed by atoms with Crippen LogP contribution in [0.1, 0.15) is 26.2 Å². The van der Waals surface area contributed by atoms with Crippen LogP contribution in [-0.4, -0.2) is 36.2 Å². The van der Waals surface area contributed by atoms with Crippen molar-refractivity contribution in [3.8, 4) is 0 Å². The summed E-state index contributed by atoms with van der Waals surface area (Å²) >= 11 is 0. The van der Waals surface area contributed by atoms with Crippen LogP contribution in [0.25, 0.3) is 0 Å². The molecular weight excluding hydrogens is 167 g/mol. The van der Waals surface area contributed by atoms with E-state index in [1.165, 1.54) is 0 Å². The monoisotopic (exact) mass is 186 g/mol. The van der Waals surface area contributed by atoms with E-state index >= 15 is 0 Å². The summed E-state index contributed by atoms with van der Waals surface area (Å²) < 4.78 is 13.4. The lowest BCUT2D eigenvalue weighted by Gasteiger charge is -2.19. The SMILES string of the molecule is CC(N)C1CCN(CC2(F)CC2)C1. The molecule has 1 heterocycles. The molecule has 76 valence electrons. The molecule has 2 rings (SSSR count). The van der Waals surface area contributed by atoms with Gasteiger partial charge in [0.2, 0.25) is 0 Å². The molecule has 2 atom stereocenters. The van der Waals surface area contributed by atoms with Gasteiger partial charge in [0.1, 0.15) is 5.67 Å². The summed E-state index contributed by atoms with van der Waals surface area (Å²) in [6, 6.07) is 0.264. The van der Waals surface area contributed by atoms with Gasteiger partial charge in [-0.05, 0) is 38.6 Å². The van der Waals surface area contributed by atoms with Crippen molar-refractivity contribution in [1.82, 2.24) is 4.90 Å². The summed E-state index contributed by atoms with van der Waals surface area (Å²) in [5, 5.41) is 0. The predicted octanol–water partition coefficient (Wildman–Crippen LogP) is 1.16. The average molecular weight is 186 g/mol. The maximum atomic E-state index is 13.4. The zero-order chi connectivity index (χ0) is 9.47. The van der Waals surface area contributed by atoms with Crippen LogP contribution in [0.2, 0.25) is 0 Å². The first-order chi connectivity index (χ1) is 6.09. The zero-order valence-corrected chi connectivity index (χ0v) is 8.30. The Bertz CT molecular complexity index is 189. The van der Waals surface area contributed by atoms with Crippen molar-refractivity contribution in [1.29, 1.82) is 0 Å². The Morgan fingerprint density at radius 1 is 1.62 bits per heavy atom. The molecule has 2 fully saturated rings. The molecular formula is C10H19FN2. The van der Waals surface area contributed by atoms with Gasteiger partial charge in [0, 0.05) is 19.1 Å². The Morgan fingerprint density at radius 2 is 2.31 bits per heavy atom. The molecule has 2 unspecified atom stereocenters. The number of rotatable bonds is 3. The molecule has 2 nitrogen and oxygen atoms in total. The van der Waals surface area contributed by atoms with Crippen molar-refractivity contribution in [2.45, 2.75) is 37.9 Å². The molecule has 0 aromatic carbocycles. The third-order valence-electron chi connectivity index (χ3n) is 3.35. The van der Waals surface area contributed by atoms with Gasteiger partial charge < -0.3 is 5.73 Å². The summed E-state index contributed by atoms with van der Waals surface area (Å²) in [6.45, 7) is 4.74. The molecule has 3 heteroatoms. The molecule has 2 N–H and O–H groups in total. The number of likely N-dealkylation sites (tertiary alicyclic amines) is 1. The lowest BCUT2D eigenvalue weighted by Crippen LogP contribution is -2.33. The molecule has 1 aliphatic heterocycles. The van der Waals surface area contributed by atoms with Crippen molar-refractivity contribution >= 4 is 0 Å². The van der Waals surface area contributed by atoms with E-state index < -0.39 is 5.67 Å². The molecule has 0 bridgehead atoms. The highest BCUT2D eigenvalue weighted by atomic mass is 19.1.